The highest BCUT2D eigenvalue weighted by molar-refractivity contribution is 5.42. The number of aliphatic hydroxyl groups is 2. The Morgan fingerprint density at radius 2 is 1.74 bits per heavy atom. The van der Waals surface area contributed by atoms with Gasteiger partial charge >= 0.3 is 0 Å². The second kappa shape index (κ2) is 6.19. The minimum absolute atomic E-state index is 0.0501. The number of aryl methyl sites for hydroxylation is 1. The second-order valence-electron chi connectivity index (χ2n) is 4.40. The van der Waals surface area contributed by atoms with Crippen molar-refractivity contribution in [3.05, 3.63) is 70.8 Å². The monoisotopic (exact) mass is 252 g/mol. The Labute approximate surface area is 113 Å². The summed E-state index contributed by atoms with van der Waals surface area (Å²) in [5.74, 6) is 5.72. The van der Waals surface area contributed by atoms with Crippen LogP contribution in [-0.4, -0.2) is 10.2 Å². The molecule has 0 spiro atoms. The maximum Gasteiger partial charge on any atom is 0.140 e. The number of aliphatic hydroxyl groups excluding tert-OH is 2. The Balaban J connectivity index is 2.21. The maximum absolute atomic E-state index is 10.0. The van der Waals surface area contributed by atoms with Crippen molar-refractivity contribution in [3.63, 3.8) is 0 Å². The predicted molar refractivity (Wildman–Crippen MR) is 75.4 cm³/mol. The SMILES string of the molecule is Cc1ccc(C(O)C#Cc2ccccc2CO)cc1. The molecule has 96 valence electrons. The van der Waals surface area contributed by atoms with Gasteiger partial charge in [0, 0.05) is 5.56 Å². The minimum atomic E-state index is -0.813. The lowest BCUT2D eigenvalue weighted by Gasteiger charge is -2.04. The number of rotatable bonds is 2. The largest absolute Gasteiger partial charge is 0.392 e. The first kappa shape index (κ1) is 13.4. The van der Waals surface area contributed by atoms with E-state index in [2.05, 4.69) is 11.8 Å². The first-order valence-electron chi connectivity index (χ1n) is 6.15. The summed E-state index contributed by atoms with van der Waals surface area (Å²) >= 11 is 0. The average Bonchev–Trinajstić information content (AvgIpc) is 2.45. The van der Waals surface area contributed by atoms with Crippen LogP contribution in [0.25, 0.3) is 0 Å². The molecule has 2 heteroatoms. The zero-order valence-electron chi connectivity index (χ0n) is 10.8. The van der Waals surface area contributed by atoms with Gasteiger partial charge in [-0.3, -0.25) is 0 Å². The van der Waals surface area contributed by atoms with E-state index >= 15 is 0 Å². The number of hydrogen-bond donors (Lipinski definition) is 2. The zero-order chi connectivity index (χ0) is 13.7. The van der Waals surface area contributed by atoms with Gasteiger partial charge in [-0.25, -0.2) is 0 Å². The quantitative estimate of drug-likeness (QED) is 0.806. The molecule has 1 atom stereocenters. The number of hydrogen-bond acceptors (Lipinski definition) is 2. The summed E-state index contributed by atoms with van der Waals surface area (Å²) in [5.41, 5.74) is 3.44. The van der Waals surface area contributed by atoms with Gasteiger partial charge in [0.15, 0.2) is 0 Å². The van der Waals surface area contributed by atoms with Crippen molar-refractivity contribution < 1.29 is 10.2 Å². The molecule has 0 fully saturated rings. The van der Waals surface area contributed by atoms with Gasteiger partial charge in [0.05, 0.1) is 6.61 Å². The Morgan fingerprint density at radius 3 is 2.42 bits per heavy atom. The summed E-state index contributed by atoms with van der Waals surface area (Å²) in [5, 5.41) is 19.2. The van der Waals surface area contributed by atoms with Gasteiger partial charge in [0.2, 0.25) is 0 Å². The summed E-state index contributed by atoms with van der Waals surface area (Å²) in [6.07, 6.45) is -0.813. The van der Waals surface area contributed by atoms with E-state index < -0.39 is 6.10 Å². The summed E-state index contributed by atoms with van der Waals surface area (Å²) in [4.78, 5) is 0. The molecular formula is C17H16O2. The predicted octanol–water partition coefficient (Wildman–Crippen LogP) is 2.57. The molecule has 0 aromatic heterocycles. The van der Waals surface area contributed by atoms with Crippen LogP contribution in [0.3, 0.4) is 0 Å². The molecule has 2 N–H and O–H groups in total. The summed E-state index contributed by atoms with van der Waals surface area (Å²) in [7, 11) is 0. The normalized spacial score (nSPS) is 11.5. The third kappa shape index (κ3) is 3.45. The maximum atomic E-state index is 10.0. The van der Waals surface area contributed by atoms with E-state index in [9.17, 15) is 10.2 Å². The highest BCUT2D eigenvalue weighted by Gasteiger charge is 2.03. The van der Waals surface area contributed by atoms with Gasteiger partial charge in [-0.15, -0.1) is 0 Å². The number of benzene rings is 2. The van der Waals surface area contributed by atoms with Crippen LogP contribution in [0.5, 0.6) is 0 Å². The van der Waals surface area contributed by atoms with Crippen LogP contribution in [-0.2, 0) is 6.61 Å². The molecule has 0 aliphatic rings. The molecule has 0 heterocycles. The van der Waals surface area contributed by atoms with Crippen LogP contribution in [0.2, 0.25) is 0 Å². The molecule has 0 radical (unpaired) electrons. The summed E-state index contributed by atoms with van der Waals surface area (Å²) in [6.45, 7) is 1.95. The van der Waals surface area contributed by atoms with Gasteiger partial charge < -0.3 is 10.2 Å². The van der Waals surface area contributed by atoms with Crippen molar-refractivity contribution in [2.24, 2.45) is 0 Å². The lowest BCUT2D eigenvalue weighted by atomic mass is 10.1. The Morgan fingerprint density at radius 1 is 1.05 bits per heavy atom. The molecule has 2 rings (SSSR count). The third-order valence-electron chi connectivity index (χ3n) is 2.92. The molecule has 2 aromatic carbocycles. The van der Waals surface area contributed by atoms with E-state index in [1.165, 1.54) is 0 Å². The molecule has 2 aromatic rings. The van der Waals surface area contributed by atoms with Gasteiger partial charge in [0.25, 0.3) is 0 Å². The van der Waals surface area contributed by atoms with Crippen molar-refractivity contribution in [3.8, 4) is 11.8 Å². The molecule has 0 amide bonds. The van der Waals surface area contributed by atoms with Crippen LogP contribution >= 0.6 is 0 Å². The topological polar surface area (TPSA) is 40.5 Å². The second-order valence-corrected chi connectivity index (χ2v) is 4.40. The molecule has 1 unspecified atom stereocenters. The fraction of sp³-hybridized carbons (Fsp3) is 0.176. The van der Waals surface area contributed by atoms with Crippen molar-refractivity contribution in [1.82, 2.24) is 0 Å². The fourth-order valence-electron chi connectivity index (χ4n) is 1.76. The average molecular weight is 252 g/mol. The van der Waals surface area contributed by atoms with Crippen molar-refractivity contribution >= 4 is 0 Å². The van der Waals surface area contributed by atoms with Crippen molar-refractivity contribution in [1.29, 1.82) is 0 Å². The first-order chi connectivity index (χ1) is 9.20. The van der Waals surface area contributed by atoms with Crippen molar-refractivity contribution in [2.75, 3.05) is 0 Å². The zero-order valence-corrected chi connectivity index (χ0v) is 10.8. The molecule has 2 nitrogen and oxygen atoms in total. The lowest BCUT2D eigenvalue weighted by molar-refractivity contribution is 0.238. The highest BCUT2D eigenvalue weighted by Crippen LogP contribution is 2.13. The molecule has 0 saturated heterocycles. The summed E-state index contributed by atoms with van der Waals surface area (Å²) in [6, 6.07) is 15.0. The van der Waals surface area contributed by atoms with E-state index in [4.69, 9.17) is 0 Å². The van der Waals surface area contributed by atoms with Crippen LogP contribution in [0, 0.1) is 18.8 Å². The van der Waals surface area contributed by atoms with E-state index in [0.29, 0.717) is 0 Å². The molecule has 0 saturated carbocycles. The van der Waals surface area contributed by atoms with E-state index in [1.807, 2.05) is 55.5 Å². The molecular weight excluding hydrogens is 236 g/mol. The lowest BCUT2D eigenvalue weighted by Crippen LogP contribution is -1.94. The van der Waals surface area contributed by atoms with Gasteiger partial charge in [0.1, 0.15) is 6.10 Å². The van der Waals surface area contributed by atoms with Crippen LogP contribution in [0.15, 0.2) is 48.5 Å². The first-order valence-corrected chi connectivity index (χ1v) is 6.15. The highest BCUT2D eigenvalue weighted by atomic mass is 16.3. The fourth-order valence-corrected chi connectivity index (χ4v) is 1.76. The molecule has 0 aliphatic heterocycles. The minimum Gasteiger partial charge on any atom is -0.392 e. The van der Waals surface area contributed by atoms with E-state index in [0.717, 1.165) is 22.3 Å². The van der Waals surface area contributed by atoms with Crippen molar-refractivity contribution in [2.45, 2.75) is 19.6 Å². The Hall–Kier alpha value is -2.08. The van der Waals surface area contributed by atoms with Gasteiger partial charge in [-0.05, 0) is 24.1 Å². The Kier molecular flexibility index (Phi) is 4.35. The Bertz CT molecular complexity index is 603. The van der Waals surface area contributed by atoms with E-state index in [1.54, 1.807) is 0 Å². The van der Waals surface area contributed by atoms with Gasteiger partial charge in [-0.2, -0.15) is 0 Å². The summed E-state index contributed by atoms with van der Waals surface area (Å²) < 4.78 is 0. The van der Waals surface area contributed by atoms with Crippen LogP contribution in [0.1, 0.15) is 28.4 Å². The molecule has 19 heavy (non-hydrogen) atoms. The van der Waals surface area contributed by atoms with Crippen LogP contribution < -0.4 is 0 Å². The van der Waals surface area contributed by atoms with Gasteiger partial charge in [-0.1, -0.05) is 59.9 Å². The standard InChI is InChI=1S/C17H16O2/c1-13-6-8-15(9-7-13)17(19)11-10-14-4-2-3-5-16(14)12-18/h2-9,17-19H,12H2,1H3. The van der Waals surface area contributed by atoms with E-state index in [-0.39, 0.29) is 6.61 Å². The molecule has 0 aliphatic carbocycles. The smallest absolute Gasteiger partial charge is 0.140 e. The molecule has 0 bridgehead atoms. The van der Waals surface area contributed by atoms with Crippen LogP contribution in [0.4, 0.5) is 0 Å². The third-order valence-corrected chi connectivity index (χ3v) is 2.92.